The molecule has 1 fully saturated rings. The number of carbonyl (C=O) groups excluding carboxylic acids is 1. The largest absolute Gasteiger partial charge is 0.465 e. The number of ether oxygens (including phenoxy) is 1. The molecule has 3 nitrogen and oxygen atoms in total. The standard InChI is InChI=1S/C9H11NO2/c1-6(7-3-4-7)8(5-10)9(11)12-2/h7H,3-4H2,1-2H3/b8-6-. The maximum atomic E-state index is 11.0. The van der Waals surface area contributed by atoms with Gasteiger partial charge in [0.15, 0.2) is 0 Å². The number of hydrogen-bond donors (Lipinski definition) is 0. The third kappa shape index (κ3) is 1.65. The Hall–Kier alpha value is -1.30. The molecule has 0 N–H and O–H groups in total. The van der Waals surface area contributed by atoms with E-state index in [-0.39, 0.29) is 5.57 Å². The van der Waals surface area contributed by atoms with Crippen LogP contribution in [0.25, 0.3) is 0 Å². The summed E-state index contributed by atoms with van der Waals surface area (Å²) in [6.45, 7) is 1.83. The van der Waals surface area contributed by atoms with Crippen LogP contribution in [0, 0.1) is 17.2 Å². The Morgan fingerprint density at radius 3 is 2.50 bits per heavy atom. The summed E-state index contributed by atoms with van der Waals surface area (Å²) in [6, 6.07) is 1.88. The zero-order valence-electron chi connectivity index (χ0n) is 7.26. The first-order valence-electron chi connectivity index (χ1n) is 3.90. The van der Waals surface area contributed by atoms with E-state index in [9.17, 15) is 4.79 Å². The van der Waals surface area contributed by atoms with Crippen molar-refractivity contribution in [2.45, 2.75) is 19.8 Å². The summed E-state index contributed by atoms with van der Waals surface area (Å²) < 4.78 is 4.48. The van der Waals surface area contributed by atoms with Crippen LogP contribution < -0.4 is 0 Å². The minimum Gasteiger partial charge on any atom is -0.465 e. The molecule has 0 aromatic rings. The summed E-state index contributed by atoms with van der Waals surface area (Å²) in [6.07, 6.45) is 2.18. The van der Waals surface area contributed by atoms with Gasteiger partial charge in [-0.25, -0.2) is 4.79 Å². The van der Waals surface area contributed by atoms with Crippen molar-refractivity contribution >= 4 is 5.97 Å². The van der Waals surface area contributed by atoms with E-state index in [1.54, 1.807) is 0 Å². The van der Waals surface area contributed by atoms with Crippen molar-refractivity contribution in [1.82, 2.24) is 0 Å². The highest BCUT2D eigenvalue weighted by Gasteiger charge is 2.27. The van der Waals surface area contributed by atoms with Gasteiger partial charge in [0.2, 0.25) is 0 Å². The van der Waals surface area contributed by atoms with Gasteiger partial charge in [-0.3, -0.25) is 0 Å². The van der Waals surface area contributed by atoms with Crippen LogP contribution in [0.1, 0.15) is 19.8 Å². The Morgan fingerprint density at radius 1 is 1.58 bits per heavy atom. The van der Waals surface area contributed by atoms with Gasteiger partial charge >= 0.3 is 5.97 Å². The maximum absolute atomic E-state index is 11.0. The molecule has 0 aliphatic heterocycles. The van der Waals surface area contributed by atoms with Gasteiger partial charge in [-0.1, -0.05) is 0 Å². The first-order chi connectivity index (χ1) is 5.70. The maximum Gasteiger partial charge on any atom is 0.348 e. The number of allylic oxidation sites excluding steroid dienone is 1. The van der Waals surface area contributed by atoms with E-state index >= 15 is 0 Å². The van der Waals surface area contributed by atoms with Crippen LogP contribution in [0.2, 0.25) is 0 Å². The number of methoxy groups -OCH3 is 1. The van der Waals surface area contributed by atoms with Gasteiger partial charge in [0.05, 0.1) is 7.11 Å². The zero-order chi connectivity index (χ0) is 9.14. The fourth-order valence-electron chi connectivity index (χ4n) is 1.12. The number of hydrogen-bond acceptors (Lipinski definition) is 3. The van der Waals surface area contributed by atoms with Crippen LogP contribution >= 0.6 is 0 Å². The molecule has 0 radical (unpaired) electrons. The Labute approximate surface area is 71.6 Å². The van der Waals surface area contributed by atoms with Gasteiger partial charge in [0.1, 0.15) is 11.6 Å². The van der Waals surface area contributed by atoms with Crippen LogP contribution in [0.3, 0.4) is 0 Å². The topological polar surface area (TPSA) is 50.1 Å². The molecule has 0 bridgehead atoms. The minimum absolute atomic E-state index is 0.181. The number of esters is 1. The predicted octanol–water partition coefficient (Wildman–Crippen LogP) is 1.41. The normalized spacial score (nSPS) is 17.8. The van der Waals surface area contributed by atoms with Crippen molar-refractivity contribution in [1.29, 1.82) is 5.26 Å². The lowest BCUT2D eigenvalue weighted by Gasteiger charge is -2.00. The molecule has 64 valence electrons. The Balaban J connectivity index is 2.85. The third-order valence-electron chi connectivity index (χ3n) is 2.09. The van der Waals surface area contributed by atoms with E-state index in [1.165, 1.54) is 7.11 Å². The summed E-state index contributed by atoms with van der Waals surface area (Å²) in [5, 5.41) is 8.67. The van der Waals surface area contributed by atoms with Gasteiger partial charge in [-0.2, -0.15) is 5.26 Å². The highest BCUT2D eigenvalue weighted by atomic mass is 16.5. The van der Waals surface area contributed by atoms with Crippen molar-refractivity contribution in [3.05, 3.63) is 11.1 Å². The molecule has 0 saturated heterocycles. The van der Waals surface area contributed by atoms with Crippen LogP contribution in [0.5, 0.6) is 0 Å². The first kappa shape index (κ1) is 8.79. The van der Waals surface area contributed by atoms with Crippen molar-refractivity contribution in [2.24, 2.45) is 5.92 Å². The molecule has 0 aromatic heterocycles. The summed E-state index contributed by atoms with van der Waals surface area (Å²) in [5.74, 6) is -0.0688. The molecule has 1 rings (SSSR count). The fraction of sp³-hybridized carbons (Fsp3) is 0.556. The monoisotopic (exact) mass is 165 g/mol. The van der Waals surface area contributed by atoms with Crippen molar-refractivity contribution in [3.63, 3.8) is 0 Å². The molecule has 0 unspecified atom stereocenters. The molecule has 3 heteroatoms. The molecule has 1 aliphatic carbocycles. The van der Waals surface area contributed by atoms with Gasteiger partial charge in [0.25, 0.3) is 0 Å². The van der Waals surface area contributed by atoms with E-state index in [2.05, 4.69) is 4.74 Å². The van der Waals surface area contributed by atoms with Crippen molar-refractivity contribution in [3.8, 4) is 6.07 Å². The quantitative estimate of drug-likeness (QED) is 0.353. The van der Waals surface area contributed by atoms with E-state index in [0.717, 1.165) is 18.4 Å². The zero-order valence-corrected chi connectivity index (χ0v) is 7.26. The molecule has 0 heterocycles. The first-order valence-corrected chi connectivity index (χ1v) is 3.90. The van der Waals surface area contributed by atoms with Gasteiger partial charge in [0, 0.05) is 0 Å². The molecular formula is C9H11NO2. The summed E-state index contributed by atoms with van der Waals surface area (Å²) in [7, 11) is 1.29. The lowest BCUT2D eigenvalue weighted by molar-refractivity contribution is -0.135. The van der Waals surface area contributed by atoms with E-state index in [1.807, 2.05) is 13.0 Å². The Bertz CT molecular complexity index is 269. The van der Waals surface area contributed by atoms with Crippen LogP contribution in [-0.2, 0) is 9.53 Å². The highest BCUT2D eigenvalue weighted by molar-refractivity contribution is 5.93. The van der Waals surface area contributed by atoms with Crippen molar-refractivity contribution in [2.75, 3.05) is 7.11 Å². The smallest absolute Gasteiger partial charge is 0.348 e. The molecule has 1 aliphatic rings. The predicted molar refractivity (Wildman–Crippen MR) is 43.1 cm³/mol. The summed E-state index contributed by atoms with van der Waals surface area (Å²) >= 11 is 0. The van der Waals surface area contributed by atoms with E-state index in [4.69, 9.17) is 5.26 Å². The number of nitriles is 1. The molecule has 12 heavy (non-hydrogen) atoms. The molecule has 0 aromatic carbocycles. The molecule has 0 spiro atoms. The lowest BCUT2D eigenvalue weighted by Crippen LogP contribution is -2.06. The molecule has 1 saturated carbocycles. The SMILES string of the molecule is COC(=O)/C(C#N)=C(/C)C1CC1. The van der Waals surface area contributed by atoms with E-state index in [0.29, 0.717) is 5.92 Å². The number of carbonyl (C=O) groups is 1. The van der Waals surface area contributed by atoms with Gasteiger partial charge < -0.3 is 4.74 Å². The summed E-state index contributed by atoms with van der Waals surface area (Å²) in [4.78, 5) is 11.0. The van der Waals surface area contributed by atoms with Gasteiger partial charge in [-0.05, 0) is 31.3 Å². The molecular weight excluding hydrogens is 154 g/mol. The Morgan fingerprint density at radius 2 is 2.17 bits per heavy atom. The van der Waals surface area contributed by atoms with Crippen LogP contribution in [-0.4, -0.2) is 13.1 Å². The molecule has 0 atom stereocenters. The second-order valence-electron chi connectivity index (χ2n) is 2.94. The highest BCUT2D eigenvalue weighted by Crippen LogP contribution is 2.37. The van der Waals surface area contributed by atoms with Crippen LogP contribution in [0.4, 0.5) is 0 Å². The summed E-state index contributed by atoms with van der Waals surface area (Å²) in [5.41, 5.74) is 1.06. The Kier molecular flexibility index (Phi) is 2.49. The van der Waals surface area contributed by atoms with E-state index < -0.39 is 5.97 Å². The third-order valence-corrected chi connectivity index (χ3v) is 2.09. The fourth-order valence-corrected chi connectivity index (χ4v) is 1.12. The number of nitrogens with zero attached hydrogens (tertiary/aromatic N) is 1. The van der Waals surface area contributed by atoms with Crippen LogP contribution in [0.15, 0.2) is 11.1 Å². The average Bonchev–Trinajstić information content (AvgIpc) is 2.87. The minimum atomic E-state index is -0.512. The number of rotatable bonds is 2. The molecule has 0 amide bonds. The second-order valence-corrected chi connectivity index (χ2v) is 2.94. The van der Waals surface area contributed by atoms with Crippen molar-refractivity contribution < 1.29 is 9.53 Å². The second kappa shape index (κ2) is 3.40. The lowest BCUT2D eigenvalue weighted by atomic mass is 10.1. The van der Waals surface area contributed by atoms with Gasteiger partial charge in [-0.15, -0.1) is 0 Å². The average molecular weight is 165 g/mol.